The zero-order valence-electron chi connectivity index (χ0n) is 20.7. The maximum Gasteiger partial charge on any atom is 0.335 e. The van der Waals surface area contributed by atoms with E-state index < -0.39 is 6.10 Å². The molecule has 0 saturated carbocycles. The van der Waals surface area contributed by atoms with Gasteiger partial charge in [0.05, 0.1) is 13.2 Å². The van der Waals surface area contributed by atoms with E-state index in [1.54, 1.807) is 6.92 Å². The lowest BCUT2D eigenvalue weighted by atomic mass is 9.93. The molecule has 0 heterocycles. The fraction of sp³-hybridized carbons (Fsp3) is 0.323. The van der Waals surface area contributed by atoms with Gasteiger partial charge in [0.2, 0.25) is 0 Å². The Kier molecular flexibility index (Phi) is 8.74. The molecular formula is C31H34O4. The molecule has 1 aliphatic carbocycles. The molecule has 0 fully saturated rings. The molecule has 0 amide bonds. The average Bonchev–Trinajstić information content (AvgIpc) is 3.05. The minimum atomic E-state index is -0.589. The fourth-order valence-electron chi connectivity index (χ4n) is 4.59. The van der Waals surface area contributed by atoms with Crippen LogP contribution in [0.5, 0.6) is 5.75 Å². The van der Waals surface area contributed by atoms with E-state index >= 15 is 0 Å². The van der Waals surface area contributed by atoms with Crippen molar-refractivity contribution >= 4 is 11.5 Å². The molecule has 1 aliphatic rings. The first-order valence-corrected chi connectivity index (χ1v) is 12.5. The molecule has 3 aromatic carbocycles. The number of carbonyl (C=O) groups excluding carboxylic acids is 1. The minimum Gasteiger partial charge on any atom is -0.494 e. The Bertz CT molecular complexity index is 1100. The number of unbranched alkanes of at least 4 members (excludes halogenated alkanes) is 1. The van der Waals surface area contributed by atoms with Gasteiger partial charge in [-0.3, -0.25) is 0 Å². The third-order valence-corrected chi connectivity index (χ3v) is 6.42. The number of benzene rings is 3. The molecule has 0 aliphatic heterocycles. The van der Waals surface area contributed by atoms with Crippen molar-refractivity contribution in [3.05, 3.63) is 107 Å². The number of rotatable bonds is 10. The summed E-state index contributed by atoms with van der Waals surface area (Å²) in [7, 11) is 1.53. The maximum atomic E-state index is 11.9. The molecule has 0 aromatic heterocycles. The highest BCUT2D eigenvalue weighted by atomic mass is 16.6. The first-order valence-electron chi connectivity index (χ1n) is 12.5. The molecule has 0 radical (unpaired) electrons. The summed E-state index contributed by atoms with van der Waals surface area (Å²) < 4.78 is 16.3. The summed E-state index contributed by atoms with van der Waals surface area (Å²) >= 11 is 0. The summed E-state index contributed by atoms with van der Waals surface area (Å²) in [6.07, 6.45) is 6.30. The molecule has 4 heteroatoms. The van der Waals surface area contributed by atoms with Crippen molar-refractivity contribution in [2.75, 3.05) is 20.3 Å². The summed E-state index contributed by atoms with van der Waals surface area (Å²) in [4.78, 5) is 11.9. The van der Waals surface area contributed by atoms with Crippen LogP contribution in [0.25, 0.3) is 5.57 Å². The summed E-state index contributed by atoms with van der Waals surface area (Å²) in [6.45, 7) is 2.79. The molecule has 0 N–H and O–H groups in total. The Morgan fingerprint density at radius 3 is 2.14 bits per heavy atom. The number of ether oxygens (including phenoxy) is 3. The van der Waals surface area contributed by atoms with Gasteiger partial charge in [-0.1, -0.05) is 66.7 Å². The van der Waals surface area contributed by atoms with E-state index in [4.69, 9.17) is 14.2 Å². The summed E-state index contributed by atoms with van der Waals surface area (Å²) in [6, 6.07) is 25.4. The van der Waals surface area contributed by atoms with E-state index in [2.05, 4.69) is 54.6 Å². The number of fused-ring (bicyclic) bond motifs is 2. The minimum absolute atomic E-state index is 0.330. The van der Waals surface area contributed by atoms with Crippen LogP contribution < -0.4 is 4.74 Å². The monoisotopic (exact) mass is 470 g/mol. The number of methoxy groups -OCH3 is 1. The van der Waals surface area contributed by atoms with Crippen molar-refractivity contribution in [1.82, 2.24) is 0 Å². The van der Waals surface area contributed by atoms with Crippen LogP contribution in [0.1, 0.15) is 47.6 Å². The Labute approximate surface area is 208 Å². The quantitative estimate of drug-likeness (QED) is 0.262. The summed E-state index contributed by atoms with van der Waals surface area (Å²) in [5, 5.41) is 0. The molecular weight excluding hydrogens is 436 g/mol. The van der Waals surface area contributed by atoms with E-state index in [9.17, 15) is 4.79 Å². The van der Waals surface area contributed by atoms with Gasteiger partial charge in [-0.2, -0.15) is 0 Å². The van der Waals surface area contributed by atoms with E-state index in [0.717, 1.165) is 37.0 Å². The van der Waals surface area contributed by atoms with E-state index in [-0.39, 0.29) is 5.97 Å². The number of aryl methyl sites for hydroxylation is 2. The van der Waals surface area contributed by atoms with Gasteiger partial charge in [-0.15, -0.1) is 0 Å². The lowest BCUT2D eigenvalue weighted by molar-refractivity contribution is -0.154. The Morgan fingerprint density at radius 1 is 0.914 bits per heavy atom. The second kappa shape index (κ2) is 12.4. The standard InChI is InChI=1S/C31H34O4/c1-3-34-31(32)30(33-2)22-23-15-19-26(20-16-23)35-21-9-8-14-29-27-12-6-4-10-24(27)17-18-25-11-5-7-13-28(25)29/h4-7,10-16,19-20,30H,3,8-9,17-18,21-22H2,1-2H3. The van der Waals surface area contributed by atoms with Gasteiger partial charge in [0, 0.05) is 13.5 Å². The van der Waals surface area contributed by atoms with Gasteiger partial charge in [-0.25, -0.2) is 4.79 Å². The Balaban J connectivity index is 1.33. The Morgan fingerprint density at radius 2 is 1.54 bits per heavy atom. The smallest absolute Gasteiger partial charge is 0.335 e. The first kappa shape index (κ1) is 24.7. The van der Waals surface area contributed by atoms with Crippen molar-refractivity contribution < 1.29 is 19.0 Å². The number of hydrogen-bond donors (Lipinski definition) is 0. The molecule has 182 valence electrons. The number of carbonyl (C=O) groups is 1. The molecule has 3 aromatic rings. The molecule has 1 atom stereocenters. The number of hydrogen-bond acceptors (Lipinski definition) is 4. The SMILES string of the molecule is CCOC(=O)C(Cc1ccc(OCCCC=C2c3ccccc3CCc3ccccc32)cc1)OC. The van der Waals surface area contributed by atoms with Crippen molar-refractivity contribution in [2.24, 2.45) is 0 Å². The van der Waals surface area contributed by atoms with Crippen LogP contribution in [0.15, 0.2) is 78.9 Å². The zero-order valence-corrected chi connectivity index (χ0v) is 20.7. The van der Waals surface area contributed by atoms with Crippen LogP contribution in [-0.4, -0.2) is 32.4 Å². The highest BCUT2D eigenvalue weighted by molar-refractivity contribution is 5.83. The van der Waals surface area contributed by atoms with Crippen molar-refractivity contribution in [3.63, 3.8) is 0 Å². The van der Waals surface area contributed by atoms with Crippen molar-refractivity contribution in [1.29, 1.82) is 0 Å². The van der Waals surface area contributed by atoms with Gasteiger partial charge in [0.1, 0.15) is 5.75 Å². The number of esters is 1. The number of allylic oxidation sites excluding steroid dienone is 1. The molecule has 1 unspecified atom stereocenters. The highest BCUT2D eigenvalue weighted by Crippen LogP contribution is 2.33. The predicted octanol–water partition coefficient (Wildman–Crippen LogP) is 6.20. The van der Waals surface area contributed by atoms with Gasteiger partial charge >= 0.3 is 5.97 Å². The Hall–Kier alpha value is -3.37. The van der Waals surface area contributed by atoms with Crippen LogP contribution in [0.4, 0.5) is 0 Å². The van der Waals surface area contributed by atoms with E-state index in [1.165, 1.54) is 34.9 Å². The van der Waals surface area contributed by atoms with Gasteiger partial charge < -0.3 is 14.2 Å². The second-order valence-electron chi connectivity index (χ2n) is 8.75. The van der Waals surface area contributed by atoms with Crippen LogP contribution >= 0.6 is 0 Å². The molecule has 4 nitrogen and oxygen atoms in total. The van der Waals surface area contributed by atoms with Gasteiger partial charge in [0.25, 0.3) is 0 Å². The van der Waals surface area contributed by atoms with Crippen LogP contribution in [0, 0.1) is 0 Å². The molecule has 0 bridgehead atoms. The predicted molar refractivity (Wildman–Crippen MR) is 140 cm³/mol. The maximum absolute atomic E-state index is 11.9. The highest BCUT2D eigenvalue weighted by Gasteiger charge is 2.19. The molecule has 0 spiro atoms. The molecule has 0 saturated heterocycles. The van der Waals surface area contributed by atoms with E-state index in [1.807, 2.05) is 24.3 Å². The van der Waals surface area contributed by atoms with E-state index in [0.29, 0.717) is 19.6 Å². The van der Waals surface area contributed by atoms with Gasteiger partial charge in [-0.05, 0) is 78.1 Å². The fourth-order valence-corrected chi connectivity index (χ4v) is 4.59. The third kappa shape index (κ3) is 6.40. The van der Waals surface area contributed by atoms with Crippen molar-refractivity contribution in [2.45, 2.75) is 45.1 Å². The van der Waals surface area contributed by atoms with Gasteiger partial charge in [0.15, 0.2) is 6.10 Å². The third-order valence-electron chi connectivity index (χ3n) is 6.42. The second-order valence-corrected chi connectivity index (χ2v) is 8.75. The molecule has 35 heavy (non-hydrogen) atoms. The largest absolute Gasteiger partial charge is 0.494 e. The summed E-state index contributed by atoms with van der Waals surface area (Å²) in [5.41, 5.74) is 7.90. The first-order chi connectivity index (χ1) is 17.2. The topological polar surface area (TPSA) is 44.8 Å². The lowest BCUT2D eigenvalue weighted by Gasteiger charge is -2.14. The lowest BCUT2D eigenvalue weighted by Crippen LogP contribution is -2.27. The van der Waals surface area contributed by atoms with Crippen LogP contribution in [0.3, 0.4) is 0 Å². The van der Waals surface area contributed by atoms with Crippen molar-refractivity contribution in [3.8, 4) is 5.75 Å². The van der Waals surface area contributed by atoms with Crippen LogP contribution in [-0.2, 0) is 33.5 Å². The normalized spacial score (nSPS) is 13.3. The molecule has 4 rings (SSSR count). The zero-order chi connectivity index (χ0) is 24.5. The summed E-state index contributed by atoms with van der Waals surface area (Å²) in [5.74, 6) is 0.500. The van der Waals surface area contributed by atoms with Crippen LogP contribution in [0.2, 0.25) is 0 Å². The average molecular weight is 471 g/mol.